The lowest BCUT2D eigenvalue weighted by atomic mass is 9.96. The van der Waals surface area contributed by atoms with Crippen LogP contribution in [0, 0.1) is 28.8 Å². The number of nitrogens with zero attached hydrogens (tertiary/aromatic N) is 6. The Kier molecular flexibility index (Phi) is 8.47. The van der Waals surface area contributed by atoms with Gasteiger partial charge in [-0.15, -0.1) is 11.3 Å². The molecule has 238 valence electrons. The summed E-state index contributed by atoms with van der Waals surface area (Å²) in [5.41, 5.74) is 11.4. The number of hydrogen-bond donors (Lipinski definition) is 3. The fourth-order valence-corrected chi connectivity index (χ4v) is 6.73. The normalized spacial score (nSPS) is 17.1. The van der Waals surface area contributed by atoms with E-state index in [9.17, 15) is 9.65 Å². The summed E-state index contributed by atoms with van der Waals surface area (Å²) in [4.78, 5) is 19.0. The van der Waals surface area contributed by atoms with Crippen molar-refractivity contribution in [1.82, 2.24) is 24.8 Å². The molecule has 6 rings (SSSR count). The van der Waals surface area contributed by atoms with Crippen molar-refractivity contribution >= 4 is 60.6 Å². The second-order valence-electron chi connectivity index (χ2n) is 11.0. The maximum atomic E-state index is 16.8. The maximum absolute atomic E-state index is 16.8. The smallest absolute Gasteiger partial charge is 0.319 e. The van der Waals surface area contributed by atoms with Gasteiger partial charge in [-0.3, -0.25) is 0 Å². The molecule has 0 bridgehead atoms. The Bertz CT molecular complexity index is 2040. The first-order valence-corrected chi connectivity index (χ1v) is 15.2. The summed E-state index contributed by atoms with van der Waals surface area (Å²) < 4.78 is 58.8. The summed E-state index contributed by atoms with van der Waals surface area (Å²) in [5.74, 6) is -2.81. The zero-order chi connectivity index (χ0) is 32.9. The molecule has 4 heterocycles. The minimum absolute atomic E-state index is 0.0436. The van der Waals surface area contributed by atoms with Gasteiger partial charge in [-0.2, -0.15) is 15.2 Å². The summed E-state index contributed by atoms with van der Waals surface area (Å²) in [6, 6.07) is 3.57. The van der Waals surface area contributed by atoms with Gasteiger partial charge in [0.1, 0.15) is 52.3 Å². The van der Waals surface area contributed by atoms with Crippen molar-refractivity contribution in [1.29, 1.82) is 5.26 Å². The number of aromatic nitrogens is 4. The van der Waals surface area contributed by atoms with Gasteiger partial charge in [-0.25, -0.2) is 23.1 Å². The number of ether oxygens (including phenoxy) is 2. The van der Waals surface area contributed by atoms with E-state index in [-0.39, 0.29) is 73.5 Å². The molecule has 2 aromatic carbocycles. The highest BCUT2D eigenvalue weighted by Gasteiger charge is 2.33. The number of nitrogens with one attached hydrogen (secondary N) is 1. The third-order valence-corrected chi connectivity index (χ3v) is 9.24. The standard InChI is InChI=1S/C30H27ClF3N9O2S/c1-12(15-8-38-11-40-27(15)36)7-39-29-13-4-16(31)22(23-17(32)5-18(33)26-21(23)14(6-35)28(37)46-26)24(34)25(13)41-30(42-29)45-20-10-44-9-19(20)43(2)3/h4-5,8,11-12,19-20H,7,9-10,37H2,1-3H3,(H2,36,38,40)(H,39,41,42)/t12-,19-,20+/m0/s1. The molecule has 0 radical (unpaired) electrons. The molecule has 1 saturated heterocycles. The van der Waals surface area contributed by atoms with Crippen LogP contribution in [0.25, 0.3) is 32.1 Å². The van der Waals surface area contributed by atoms with Crippen molar-refractivity contribution in [3.8, 4) is 23.2 Å². The summed E-state index contributed by atoms with van der Waals surface area (Å²) in [6.45, 7) is 2.83. The van der Waals surface area contributed by atoms with Gasteiger partial charge in [0.2, 0.25) is 0 Å². The van der Waals surface area contributed by atoms with Gasteiger partial charge < -0.3 is 31.2 Å². The van der Waals surface area contributed by atoms with Gasteiger partial charge in [0.05, 0.1) is 34.5 Å². The molecule has 11 nitrogen and oxygen atoms in total. The number of likely N-dealkylation sites (N-methyl/N-ethyl adjacent to an activating group) is 1. The lowest BCUT2D eigenvalue weighted by molar-refractivity contribution is 0.117. The zero-order valence-electron chi connectivity index (χ0n) is 24.7. The van der Waals surface area contributed by atoms with E-state index >= 15 is 8.78 Å². The molecule has 5 aromatic rings. The molecular formula is C30H27ClF3N9O2S. The molecule has 46 heavy (non-hydrogen) atoms. The number of thiophene rings is 1. The Morgan fingerprint density at radius 3 is 2.70 bits per heavy atom. The lowest BCUT2D eigenvalue weighted by Gasteiger charge is -2.24. The van der Waals surface area contributed by atoms with Crippen molar-refractivity contribution in [3.05, 3.63) is 58.3 Å². The van der Waals surface area contributed by atoms with Gasteiger partial charge in [0, 0.05) is 52.2 Å². The second kappa shape index (κ2) is 12.4. The number of anilines is 3. The topological polar surface area (TPSA) is 161 Å². The molecule has 16 heteroatoms. The van der Waals surface area contributed by atoms with Gasteiger partial charge >= 0.3 is 6.01 Å². The van der Waals surface area contributed by atoms with E-state index in [2.05, 4.69) is 25.3 Å². The van der Waals surface area contributed by atoms with Crippen molar-refractivity contribution in [3.63, 3.8) is 0 Å². The highest BCUT2D eigenvalue weighted by Crippen LogP contribution is 2.46. The van der Waals surface area contributed by atoms with E-state index in [0.29, 0.717) is 24.1 Å². The Morgan fingerprint density at radius 1 is 1.20 bits per heavy atom. The van der Waals surface area contributed by atoms with Crippen molar-refractivity contribution in [2.45, 2.75) is 25.0 Å². The summed E-state index contributed by atoms with van der Waals surface area (Å²) >= 11 is 7.41. The summed E-state index contributed by atoms with van der Waals surface area (Å²) in [6.07, 6.45) is 2.48. The number of rotatable bonds is 8. The number of nitriles is 1. The Balaban J connectivity index is 1.53. The van der Waals surface area contributed by atoms with Crippen LogP contribution in [-0.4, -0.2) is 70.8 Å². The van der Waals surface area contributed by atoms with Crippen molar-refractivity contribution in [2.75, 3.05) is 50.6 Å². The number of fused-ring (bicyclic) bond motifs is 2. The fraction of sp³-hybridized carbons (Fsp3) is 0.300. The maximum Gasteiger partial charge on any atom is 0.319 e. The highest BCUT2D eigenvalue weighted by molar-refractivity contribution is 7.23. The average Bonchev–Trinajstić information content (AvgIpc) is 3.62. The monoisotopic (exact) mass is 669 g/mol. The Labute approximate surface area is 269 Å². The second-order valence-corrected chi connectivity index (χ2v) is 12.5. The number of halogens is 4. The number of benzene rings is 2. The van der Waals surface area contributed by atoms with Crippen LogP contribution >= 0.6 is 22.9 Å². The molecule has 0 saturated carbocycles. The first-order chi connectivity index (χ1) is 22.0. The van der Waals surface area contributed by atoms with E-state index < -0.39 is 34.7 Å². The van der Waals surface area contributed by atoms with Gasteiger partial charge in [-0.1, -0.05) is 18.5 Å². The van der Waals surface area contributed by atoms with Crippen molar-refractivity contribution in [2.24, 2.45) is 0 Å². The van der Waals surface area contributed by atoms with Crippen LogP contribution in [-0.2, 0) is 4.74 Å². The van der Waals surface area contributed by atoms with E-state index in [1.165, 1.54) is 12.4 Å². The largest absolute Gasteiger partial charge is 0.456 e. The van der Waals surface area contributed by atoms with Crippen molar-refractivity contribution < 1.29 is 22.6 Å². The van der Waals surface area contributed by atoms with Crippen LogP contribution in [0.2, 0.25) is 5.02 Å². The van der Waals surface area contributed by atoms with Crippen LogP contribution in [0.5, 0.6) is 6.01 Å². The molecule has 0 aliphatic carbocycles. The van der Waals surface area contributed by atoms with Crippen LogP contribution in [0.3, 0.4) is 0 Å². The van der Waals surface area contributed by atoms with E-state index in [0.717, 1.165) is 11.3 Å². The molecule has 0 unspecified atom stereocenters. The predicted octanol–water partition coefficient (Wildman–Crippen LogP) is 5.33. The molecule has 0 amide bonds. The number of nitrogen functional groups attached to an aromatic ring is 2. The number of nitrogens with two attached hydrogens (primary N) is 2. The van der Waals surface area contributed by atoms with Gasteiger partial charge in [0.25, 0.3) is 0 Å². The van der Waals surface area contributed by atoms with Gasteiger partial charge in [-0.05, 0) is 20.2 Å². The lowest BCUT2D eigenvalue weighted by Crippen LogP contribution is -2.41. The first-order valence-electron chi connectivity index (χ1n) is 14.0. The third-order valence-electron chi connectivity index (χ3n) is 7.92. The van der Waals surface area contributed by atoms with Crippen LogP contribution in [0.1, 0.15) is 24.0 Å². The van der Waals surface area contributed by atoms with Gasteiger partial charge in [0.15, 0.2) is 5.82 Å². The molecule has 1 aliphatic heterocycles. The van der Waals surface area contributed by atoms with E-state index in [1.54, 1.807) is 6.20 Å². The van der Waals surface area contributed by atoms with E-state index in [1.807, 2.05) is 32.0 Å². The summed E-state index contributed by atoms with van der Waals surface area (Å²) in [7, 11) is 3.76. The first kappa shape index (κ1) is 31.5. The zero-order valence-corrected chi connectivity index (χ0v) is 26.3. The molecule has 0 spiro atoms. The minimum Gasteiger partial charge on any atom is -0.456 e. The fourth-order valence-electron chi connectivity index (χ4n) is 5.51. The van der Waals surface area contributed by atoms with E-state index in [4.69, 9.17) is 32.5 Å². The molecule has 5 N–H and O–H groups in total. The Morgan fingerprint density at radius 2 is 1.98 bits per heavy atom. The quantitative estimate of drug-likeness (QED) is 0.196. The SMILES string of the molecule is C[C@@H](CNc1nc(O[C@@H]2COC[C@@H]2N(C)C)nc2c(F)c(-c3c(F)cc(F)c4sc(N)c(C#N)c34)c(Cl)cc12)c1cncnc1N. The molecular weight excluding hydrogens is 643 g/mol. The third kappa shape index (κ3) is 5.47. The Hall–Kier alpha value is -4.49. The highest BCUT2D eigenvalue weighted by atomic mass is 35.5. The predicted molar refractivity (Wildman–Crippen MR) is 170 cm³/mol. The molecule has 3 aromatic heterocycles. The van der Waals surface area contributed by atoms with Crippen LogP contribution in [0.15, 0.2) is 24.7 Å². The average molecular weight is 670 g/mol. The molecule has 1 fully saturated rings. The number of hydrogen-bond acceptors (Lipinski definition) is 12. The minimum atomic E-state index is -1.13. The van der Waals surface area contributed by atoms with Crippen LogP contribution in [0.4, 0.5) is 29.8 Å². The van der Waals surface area contributed by atoms with Crippen LogP contribution < -0.4 is 21.5 Å². The molecule has 3 atom stereocenters. The molecule has 1 aliphatic rings. The summed E-state index contributed by atoms with van der Waals surface area (Å²) in [5, 5.41) is 12.7.